The van der Waals surface area contributed by atoms with E-state index in [2.05, 4.69) is 43.1 Å². The summed E-state index contributed by atoms with van der Waals surface area (Å²) >= 11 is 5.23. The molecule has 136 valence electrons. The van der Waals surface area contributed by atoms with E-state index in [1.807, 2.05) is 36.0 Å². The molecule has 1 rings (SSSR count). The Kier molecular flexibility index (Phi) is 14.5. The van der Waals surface area contributed by atoms with Gasteiger partial charge in [-0.25, -0.2) is 0 Å². The van der Waals surface area contributed by atoms with E-state index in [9.17, 15) is 4.79 Å². The summed E-state index contributed by atoms with van der Waals surface area (Å²) in [6.07, 6.45) is 4.82. The quantitative estimate of drug-likeness (QED) is 0.198. The normalized spacial score (nSPS) is 10.7. The first-order valence-electron chi connectivity index (χ1n) is 7.64. The van der Waals surface area contributed by atoms with Crippen LogP contribution in [-0.4, -0.2) is 44.0 Å². The molecule has 1 amide bonds. The molecule has 24 heavy (non-hydrogen) atoms. The number of guanidine groups is 1. The molecule has 0 atom stereocenters. The summed E-state index contributed by atoms with van der Waals surface area (Å²) < 4.78 is 0.990. The van der Waals surface area contributed by atoms with Crippen LogP contribution in [0.25, 0.3) is 0 Å². The van der Waals surface area contributed by atoms with Crippen molar-refractivity contribution in [3.05, 3.63) is 28.7 Å². The Morgan fingerprint density at radius 3 is 2.46 bits per heavy atom. The standard InChI is InChI=1S/C16H25BrN4OS.HI/c1-18-16(19-10-3-4-12-23-2)20-11-9-15(22)21-14-7-5-13(17)6-8-14;/h5-8H,3-4,9-12H2,1-2H3,(H,21,22)(H2,18,19,20);1H. The van der Waals surface area contributed by atoms with Crippen molar-refractivity contribution >= 4 is 69.2 Å². The summed E-state index contributed by atoms with van der Waals surface area (Å²) in [5.74, 6) is 1.91. The first-order valence-corrected chi connectivity index (χ1v) is 9.83. The topological polar surface area (TPSA) is 65.5 Å². The van der Waals surface area contributed by atoms with Crippen molar-refractivity contribution in [3.8, 4) is 0 Å². The maximum Gasteiger partial charge on any atom is 0.226 e. The highest BCUT2D eigenvalue weighted by atomic mass is 127. The van der Waals surface area contributed by atoms with Crippen LogP contribution in [0.2, 0.25) is 0 Å². The van der Waals surface area contributed by atoms with Gasteiger partial charge in [0.2, 0.25) is 5.91 Å². The average Bonchev–Trinajstić information content (AvgIpc) is 2.55. The number of carbonyl (C=O) groups excluding carboxylic acids is 1. The third-order valence-corrected chi connectivity index (χ3v) is 4.29. The number of amides is 1. The first kappa shape index (κ1) is 23.5. The van der Waals surface area contributed by atoms with Gasteiger partial charge in [-0.15, -0.1) is 24.0 Å². The fourth-order valence-corrected chi connectivity index (χ4v) is 2.61. The molecule has 0 unspecified atom stereocenters. The van der Waals surface area contributed by atoms with Gasteiger partial charge in [-0.3, -0.25) is 9.79 Å². The molecule has 0 aliphatic carbocycles. The third kappa shape index (κ3) is 11.1. The predicted octanol–water partition coefficient (Wildman–Crippen LogP) is 3.70. The molecule has 8 heteroatoms. The van der Waals surface area contributed by atoms with E-state index in [0.29, 0.717) is 13.0 Å². The zero-order valence-corrected chi connectivity index (χ0v) is 18.8. The molecule has 0 aromatic heterocycles. The zero-order valence-electron chi connectivity index (χ0n) is 14.1. The van der Waals surface area contributed by atoms with Crippen molar-refractivity contribution in [2.45, 2.75) is 19.3 Å². The lowest BCUT2D eigenvalue weighted by atomic mass is 10.3. The second-order valence-electron chi connectivity index (χ2n) is 4.93. The third-order valence-electron chi connectivity index (χ3n) is 3.06. The van der Waals surface area contributed by atoms with Gasteiger partial charge in [0.05, 0.1) is 0 Å². The van der Waals surface area contributed by atoms with Crippen LogP contribution in [0.15, 0.2) is 33.7 Å². The second kappa shape index (κ2) is 14.8. The molecule has 0 saturated heterocycles. The molecule has 3 N–H and O–H groups in total. The highest BCUT2D eigenvalue weighted by Crippen LogP contribution is 2.14. The fourth-order valence-electron chi connectivity index (χ4n) is 1.85. The highest BCUT2D eigenvalue weighted by Gasteiger charge is 2.03. The predicted molar refractivity (Wildman–Crippen MR) is 120 cm³/mol. The molecule has 0 saturated carbocycles. The van der Waals surface area contributed by atoms with Crippen LogP contribution in [-0.2, 0) is 4.79 Å². The van der Waals surface area contributed by atoms with Crippen molar-refractivity contribution in [3.63, 3.8) is 0 Å². The van der Waals surface area contributed by atoms with E-state index < -0.39 is 0 Å². The summed E-state index contributed by atoms with van der Waals surface area (Å²) in [5, 5.41) is 9.27. The summed E-state index contributed by atoms with van der Waals surface area (Å²) in [6.45, 7) is 1.44. The van der Waals surface area contributed by atoms with Gasteiger partial charge in [0, 0.05) is 36.7 Å². The van der Waals surface area contributed by atoms with Crippen molar-refractivity contribution in [2.75, 3.05) is 37.5 Å². The monoisotopic (exact) mass is 528 g/mol. The lowest BCUT2D eigenvalue weighted by Crippen LogP contribution is -2.39. The fraction of sp³-hybridized carbons (Fsp3) is 0.500. The molecule has 0 fully saturated rings. The number of nitrogens with zero attached hydrogens (tertiary/aromatic N) is 1. The number of nitrogens with one attached hydrogen (secondary N) is 3. The van der Waals surface area contributed by atoms with Gasteiger partial charge in [-0.1, -0.05) is 15.9 Å². The number of benzene rings is 1. The molecular weight excluding hydrogens is 503 g/mol. The van der Waals surface area contributed by atoms with Crippen molar-refractivity contribution in [1.82, 2.24) is 10.6 Å². The molecule has 0 aliphatic rings. The Labute approximate surface area is 174 Å². The van der Waals surface area contributed by atoms with Crippen molar-refractivity contribution in [1.29, 1.82) is 0 Å². The van der Waals surface area contributed by atoms with Gasteiger partial charge in [-0.2, -0.15) is 11.8 Å². The van der Waals surface area contributed by atoms with Crippen LogP contribution >= 0.6 is 51.7 Å². The van der Waals surface area contributed by atoms with Gasteiger partial charge in [0.1, 0.15) is 0 Å². The molecular formula is C16H26BrIN4OS. The van der Waals surface area contributed by atoms with E-state index in [1.54, 1.807) is 7.05 Å². The van der Waals surface area contributed by atoms with Crippen molar-refractivity contribution in [2.24, 2.45) is 4.99 Å². The lowest BCUT2D eigenvalue weighted by molar-refractivity contribution is -0.116. The largest absolute Gasteiger partial charge is 0.356 e. The molecule has 0 bridgehead atoms. The summed E-state index contributed by atoms with van der Waals surface area (Å²) in [5.41, 5.74) is 0.800. The van der Waals surface area contributed by atoms with Crippen LogP contribution in [0.5, 0.6) is 0 Å². The van der Waals surface area contributed by atoms with Crippen molar-refractivity contribution < 1.29 is 4.79 Å². The van der Waals surface area contributed by atoms with Gasteiger partial charge < -0.3 is 16.0 Å². The van der Waals surface area contributed by atoms with E-state index in [0.717, 1.165) is 29.1 Å². The summed E-state index contributed by atoms with van der Waals surface area (Å²) in [6, 6.07) is 7.53. The molecule has 0 spiro atoms. The lowest BCUT2D eigenvalue weighted by Gasteiger charge is -2.11. The van der Waals surface area contributed by atoms with Gasteiger partial charge in [-0.05, 0) is 49.1 Å². The number of thioether (sulfide) groups is 1. The number of hydrogen-bond acceptors (Lipinski definition) is 3. The van der Waals surface area contributed by atoms with Gasteiger partial charge in [0.25, 0.3) is 0 Å². The second-order valence-corrected chi connectivity index (χ2v) is 6.83. The van der Waals surface area contributed by atoms with E-state index in [4.69, 9.17) is 0 Å². The number of unbranched alkanes of at least 4 members (excludes halogenated alkanes) is 1. The number of halogens is 2. The molecule has 1 aromatic carbocycles. The minimum atomic E-state index is -0.0183. The first-order chi connectivity index (χ1) is 11.2. The summed E-state index contributed by atoms with van der Waals surface area (Å²) in [4.78, 5) is 16.0. The Morgan fingerprint density at radius 2 is 1.83 bits per heavy atom. The van der Waals surface area contributed by atoms with Crippen LogP contribution in [0.3, 0.4) is 0 Å². The zero-order chi connectivity index (χ0) is 16.9. The smallest absolute Gasteiger partial charge is 0.226 e. The maximum absolute atomic E-state index is 11.9. The van der Waals surface area contributed by atoms with E-state index in [1.165, 1.54) is 12.2 Å². The Bertz CT molecular complexity index is 499. The van der Waals surface area contributed by atoms with Crippen LogP contribution < -0.4 is 16.0 Å². The van der Waals surface area contributed by atoms with E-state index >= 15 is 0 Å². The molecule has 1 aromatic rings. The Balaban J connectivity index is 0.00000529. The number of hydrogen-bond donors (Lipinski definition) is 3. The number of carbonyl (C=O) groups is 1. The number of aliphatic imine (C=N–C) groups is 1. The minimum absolute atomic E-state index is 0. The molecule has 5 nitrogen and oxygen atoms in total. The highest BCUT2D eigenvalue weighted by molar-refractivity contribution is 14.0. The molecule has 0 heterocycles. The average molecular weight is 529 g/mol. The number of anilines is 1. The van der Waals surface area contributed by atoms with E-state index in [-0.39, 0.29) is 29.9 Å². The Hall–Kier alpha value is -0.480. The number of rotatable bonds is 9. The summed E-state index contributed by atoms with van der Waals surface area (Å²) in [7, 11) is 1.74. The van der Waals surface area contributed by atoms with Crippen LogP contribution in [0.1, 0.15) is 19.3 Å². The Morgan fingerprint density at radius 1 is 1.17 bits per heavy atom. The van der Waals surface area contributed by atoms with Crippen LogP contribution in [0.4, 0.5) is 5.69 Å². The minimum Gasteiger partial charge on any atom is -0.356 e. The van der Waals surface area contributed by atoms with Gasteiger partial charge in [0.15, 0.2) is 5.96 Å². The SMILES string of the molecule is CN=C(NCCCCSC)NCCC(=O)Nc1ccc(Br)cc1.I. The molecule has 0 radical (unpaired) electrons. The van der Waals surface area contributed by atoms with Gasteiger partial charge >= 0.3 is 0 Å². The maximum atomic E-state index is 11.9. The molecule has 0 aliphatic heterocycles. The van der Waals surface area contributed by atoms with Crippen LogP contribution in [0, 0.1) is 0 Å².